The van der Waals surface area contributed by atoms with E-state index in [0.29, 0.717) is 19.5 Å². The lowest BCUT2D eigenvalue weighted by Crippen LogP contribution is -2.47. The number of likely N-dealkylation sites (tertiary alicyclic amines) is 1. The van der Waals surface area contributed by atoms with Crippen LogP contribution in [0.4, 0.5) is 10.5 Å². The highest BCUT2D eigenvalue weighted by molar-refractivity contribution is 5.97. The number of urea groups is 1. The summed E-state index contributed by atoms with van der Waals surface area (Å²) in [4.78, 5) is 26.7. The van der Waals surface area contributed by atoms with E-state index in [0.717, 1.165) is 23.4 Å². The number of anilines is 1. The highest BCUT2D eigenvalue weighted by Gasteiger charge is 2.34. The largest absolute Gasteiger partial charge is 0.497 e. The number of para-hydroxylation sites is 1. The smallest absolute Gasteiger partial charge is 0.318 e. The van der Waals surface area contributed by atoms with Gasteiger partial charge in [-0.05, 0) is 42.7 Å². The highest BCUT2D eigenvalue weighted by atomic mass is 16.5. The molecule has 0 radical (unpaired) electrons. The summed E-state index contributed by atoms with van der Waals surface area (Å²) in [6.45, 7) is 0.994. The van der Waals surface area contributed by atoms with Crippen molar-refractivity contribution in [2.75, 3.05) is 19.0 Å². The van der Waals surface area contributed by atoms with E-state index in [1.165, 1.54) is 0 Å². The number of hydrogen-bond donors (Lipinski definition) is 2. The van der Waals surface area contributed by atoms with E-state index in [4.69, 9.17) is 4.74 Å². The molecule has 0 unspecified atom stereocenters. The van der Waals surface area contributed by atoms with Gasteiger partial charge in [0.25, 0.3) is 0 Å². The van der Waals surface area contributed by atoms with Crippen molar-refractivity contribution < 1.29 is 14.3 Å². The Kier molecular flexibility index (Phi) is 5.73. The Morgan fingerprint density at radius 1 is 1.12 bits per heavy atom. The molecule has 2 aromatic rings. The maximum Gasteiger partial charge on any atom is 0.318 e. The molecule has 0 aliphatic carbocycles. The number of carbonyl (C=O) groups is 2. The summed E-state index contributed by atoms with van der Waals surface area (Å²) < 4.78 is 5.13. The summed E-state index contributed by atoms with van der Waals surface area (Å²) in [5.74, 6) is 0.630. The maximum atomic E-state index is 12.5. The summed E-state index contributed by atoms with van der Waals surface area (Å²) >= 11 is 0. The zero-order chi connectivity index (χ0) is 18.4. The van der Waals surface area contributed by atoms with Crippen LogP contribution in [-0.4, -0.2) is 36.5 Å². The molecule has 3 rings (SSSR count). The quantitative estimate of drug-likeness (QED) is 0.868. The molecular weight excluding hydrogens is 330 g/mol. The summed E-state index contributed by atoms with van der Waals surface area (Å²) in [6, 6.07) is 16.2. The van der Waals surface area contributed by atoms with E-state index in [-0.39, 0.29) is 11.9 Å². The molecule has 6 heteroatoms. The van der Waals surface area contributed by atoms with E-state index >= 15 is 0 Å². The molecule has 0 spiro atoms. The van der Waals surface area contributed by atoms with E-state index in [9.17, 15) is 9.59 Å². The van der Waals surface area contributed by atoms with Crippen LogP contribution in [0, 0.1) is 0 Å². The number of nitrogens with zero attached hydrogens (tertiary/aromatic N) is 1. The van der Waals surface area contributed by atoms with Crippen molar-refractivity contribution in [2.24, 2.45) is 0 Å². The van der Waals surface area contributed by atoms with Gasteiger partial charge in [0.05, 0.1) is 7.11 Å². The van der Waals surface area contributed by atoms with Crippen molar-refractivity contribution in [1.29, 1.82) is 0 Å². The molecule has 0 saturated carbocycles. The number of amides is 3. The van der Waals surface area contributed by atoms with E-state index in [1.807, 2.05) is 54.6 Å². The fourth-order valence-electron chi connectivity index (χ4n) is 3.05. The molecule has 3 amide bonds. The van der Waals surface area contributed by atoms with Crippen LogP contribution in [-0.2, 0) is 11.3 Å². The van der Waals surface area contributed by atoms with Crippen LogP contribution in [0.5, 0.6) is 5.75 Å². The molecule has 1 aliphatic rings. The SMILES string of the molecule is COc1ccc(CNC(=O)N2CCC[C@H]2C(=O)Nc2ccccc2)cc1. The molecule has 1 fully saturated rings. The summed E-state index contributed by atoms with van der Waals surface area (Å²) in [7, 11) is 1.62. The molecule has 0 bridgehead atoms. The average molecular weight is 353 g/mol. The second-order valence-electron chi connectivity index (χ2n) is 6.21. The Morgan fingerprint density at radius 3 is 2.54 bits per heavy atom. The molecule has 2 aromatic carbocycles. The minimum Gasteiger partial charge on any atom is -0.497 e. The highest BCUT2D eigenvalue weighted by Crippen LogP contribution is 2.19. The number of nitrogens with one attached hydrogen (secondary N) is 2. The lowest BCUT2D eigenvalue weighted by atomic mass is 10.2. The Balaban J connectivity index is 1.56. The Bertz CT molecular complexity index is 747. The van der Waals surface area contributed by atoms with E-state index in [1.54, 1.807) is 12.0 Å². The maximum absolute atomic E-state index is 12.5. The zero-order valence-electron chi connectivity index (χ0n) is 14.8. The van der Waals surface area contributed by atoms with Gasteiger partial charge in [0.1, 0.15) is 11.8 Å². The third-order valence-electron chi connectivity index (χ3n) is 4.46. The number of hydrogen-bond acceptors (Lipinski definition) is 3. The van der Waals surface area contributed by atoms with Gasteiger partial charge in [0.2, 0.25) is 5.91 Å². The van der Waals surface area contributed by atoms with Crippen molar-refractivity contribution >= 4 is 17.6 Å². The van der Waals surface area contributed by atoms with Gasteiger partial charge in [-0.25, -0.2) is 4.79 Å². The second kappa shape index (κ2) is 8.38. The average Bonchev–Trinajstić information content (AvgIpc) is 3.17. The summed E-state index contributed by atoms with van der Waals surface area (Å²) in [6.07, 6.45) is 1.50. The van der Waals surface area contributed by atoms with E-state index in [2.05, 4.69) is 10.6 Å². The minimum atomic E-state index is -0.439. The number of rotatable bonds is 5. The Labute approximate surface area is 153 Å². The van der Waals surface area contributed by atoms with Gasteiger partial charge in [0, 0.05) is 18.8 Å². The molecule has 1 saturated heterocycles. The fourth-order valence-corrected chi connectivity index (χ4v) is 3.05. The summed E-state index contributed by atoms with van der Waals surface area (Å²) in [5, 5.41) is 5.77. The normalized spacial score (nSPS) is 16.2. The van der Waals surface area contributed by atoms with Crippen LogP contribution < -0.4 is 15.4 Å². The zero-order valence-corrected chi connectivity index (χ0v) is 14.8. The lowest BCUT2D eigenvalue weighted by Gasteiger charge is -2.24. The van der Waals surface area contributed by atoms with Crippen LogP contribution in [0.1, 0.15) is 18.4 Å². The van der Waals surface area contributed by atoms with E-state index < -0.39 is 6.04 Å². The van der Waals surface area contributed by atoms with Gasteiger partial charge in [-0.1, -0.05) is 30.3 Å². The topological polar surface area (TPSA) is 70.7 Å². The number of methoxy groups -OCH3 is 1. The third-order valence-corrected chi connectivity index (χ3v) is 4.46. The van der Waals surface area contributed by atoms with Crippen molar-refractivity contribution in [3.8, 4) is 5.75 Å². The molecule has 1 atom stereocenters. The van der Waals surface area contributed by atoms with Crippen molar-refractivity contribution in [2.45, 2.75) is 25.4 Å². The third kappa shape index (κ3) is 4.33. The molecule has 26 heavy (non-hydrogen) atoms. The minimum absolute atomic E-state index is 0.145. The van der Waals surface area contributed by atoms with Gasteiger partial charge in [-0.2, -0.15) is 0 Å². The first kappa shape index (κ1) is 17.8. The lowest BCUT2D eigenvalue weighted by molar-refractivity contribution is -0.119. The molecule has 1 heterocycles. The Morgan fingerprint density at radius 2 is 1.85 bits per heavy atom. The molecular formula is C20H23N3O3. The van der Waals surface area contributed by atoms with Crippen molar-refractivity contribution in [1.82, 2.24) is 10.2 Å². The van der Waals surface area contributed by atoms with Crippen molar-refractivity contribution in [3.05, 3.63) is 60.2 Å². The van der Waals surface area contributed by atoms with Gasteiger partial charge >= 0.3 is 6.03 Å². The van der Waals surface area contributed by atoms with Crippen LogP contribution in [0.15, 0.2) is 54.6 Å². The number of benzene rings is 2. The molecule has 0 aromatic heterocycles. The first-order valence-corrected chi connectivity index (χ1v) is 8.70. The molecule has 136 valence electrons. The summed E-state index contributed by atoms with van der Waals surface area (Å²) in [5.41, 5.74) is 1.71. The van der Waals surface area contributed by atoms with Crippen LogP contribution >= 0.6 is 0 Å². The van der Waals surface area contributed by atoms with Crippen molar-refractivity contribution in [3.63, 3.8) is 0 Å². The van der Waals surface area contributed by atoms with Gasteiger partial charge < -0.3 is 20.3 Å². The van der Waals surface area contributed by atoms with Gasteiger partial charge in [-0.15, -0.1) is 0 Å². The molecule has 6 nitrogen and oxygen atoms in total. The standard InChI is InChI=1S/C20H23N3O3/c1-26-17-11-9-15(10-12-17)14-21-20(25)23-13-5-8-18(23)19(24)22-16-6-3-2-4-7-16/h2-4,6-7,9-12,18H,5,8,13-14H2,1H3,(H,21,25)(H,22,24)/t18-/m0/s1. The number of carbonyl (C=O) groups excluding carboxylic acids is 2. The first-order valence-electron chi connectivity index (χ1n) is 8.70. The van der Waals surface area contributed by atoms with Gasteiger partial charge in [0.15, 0.2) is 0 Å². The monoisotopic (exact) mass is 353 g/mol. The molecule has 1 aliphatic heterocycles. The predicted molar refractivity (Wildman–Crippen MR) is 100 cm³/mol. The van der Waals surface area contributed by atoms with Crippen LogP contribution in [0.25, 0.3) is 0 Å². The van der Waals surface area contributed by atoms with Crippen LogP contribution in [0.2, 0.25) is 0 Å². The first-order chi connectivity index (χ1) is 12.7. The molecule has 2 N–H and O–H groups in total. The second-order valence-corrected chi connectivity index (χ2v) is 6.21. The fraction of sp³-hybridized carbons (Fsp3) is 0.300. The van der Waals surface area contributed by atoms with Gasteiger partial charge in [-0.3, -0.25) is 4.79 Å². The van der Waals surface area contributed by atoms with Crippen LogP contribution in [0.3, 0.4) is 0 Å². The number of ether oxygens (including phenoxy) is 1. The Hall–Kier alpha value is -3.02. The predicted octanol–water partition coefficient (Wildman–Crippen LogP) is 3.01.